The lowest BCUT2D eigenvalue weighted by molar-refractivity contribution is 0.268. The summed E-state index contributed by atoms with van der Waals surface area (Å²) in [4.78, 5) is 2.22. The fourth-order valence-corrected chi connectivity index (χ4v) is 2.18. The zero-order chi connectivity index (χ0) is 13.5. The van der Waals surface area contributed by atoms with Crippen LogP contribution in [0.4, 0.5) is 5.69 Å². The molecule has 0 aromatic heterocycles. The summed E-state index contributed by atoms with van der Waals surface area (Å²) in [6, 6.07) is 10.3. The van der Waals surface area contributed by atoms with Gasteiger partial charge in [-0.3, -0.25) is 0 Å². The molecule has 1 aliphatic rings. The van der Waals surface area contributed by atoms with Gasteiger partial charge in [-0.2, -0.15) is 0 Å². The smallest absolute Gasteiger partial charge is 0.0632 e. The summed E-state index contributed by atoms with van der Waals surface area (Å²) in [6.07, 6.45) is 8.53. The van der Waals surface area contributed by atoms with Crippen LogP contribution in [0.25, 0.3) is 0 Å². The fraction of sp³-hybridized carbons (Fsp3) is 0.375. The Morgan fingerprint density at radius 1 is 1.26 bits per heavy atom. The predicted octanol–water partition coefficient (Wildman–Crippen LogP) is 2.65. The van der Waals surface area contributed by atoms with Gasteiger partial charge in [0.05, 0.1) is 13.2 Å². The van der Waals surface area contributed by atoms with Gasteiger partial charge >= 0.3 is 0 Å². The number of hydrogen-bond acceptors (Lipinski definition) is 3. The third kappa shape index (κ3) is 3.86. The molecular formula is C16H22N2O. The number of para-hydroxylation sites is 1. The van der Waals surface area contributed by atoms with E-state index in [0.717, 1.165) is 25.1 Å². The van der Waals surface area contributed by atoms with E-state index >= 15 is 0 Å². The molecule has 0 spiro atoms. The van der Waals surface area contributed by atoms with Gasteiger partial charge in [-0.25, -0.2) is 0 Å². The first-order valence-electron chi connectivity index (χ1n) is 6.84. The molecule has 0 radical (unpaired) electrons. The summed E-state index contributed by atoms with van der Waals surface area (Å²) in [6.45, 7) is 2.98. The Balaban J connectivity index is 2.14. The van der Waals surface area contributed by atoms with Gasteiger partial charge in [-0.15, -0.1) is 0 Å². The summed E-state index contributed by atoms with van der Waals surface area (Å²) in [5.41, 5.74) is 2.33. The van der Waals surface area contributed by atoms with Crippen LogP contribution in [0.5, 0.6) is 0 Å². The van der Waals surface area contributed by atoms with Crippen molar-refractivity contribution in [2.75, 3.05) is 18.1 Å². The Morgan fingerprint density at radius 3 is 2.79 bits per heavy atom. The van der Waals surface area contributed by atoms with Crippen molar-refractivity contribution in [1.29, 1.82) is 0 Å². The molecule has 1 aliphatic heterocycles. The first kappa shape index (κ1) is 13.7. The summed E-state index contributed by atoms with van der Waals surface area (Å²) < 4.78 is 0. The fourth-order valence-electron chi connectivity index (χ4n) is 2.18. The first-order valence-corrected chi connectivity index (χ1v) is 6.84. The maximum atomic E-state index is 9.46. The molecule has 1 atom stereocenters. The van der Waals surface area contributed by atoms with Crippen molar-refractivity contribution in [2.24, 2.45) is 0 Å². The number of nitrogens with one attached hydrogen (secondary N) is 1. The van der Waals surface area contributed by atoms with Crippen LogP contribution in [0, 0.1) is 0 Å². The summed E-state index contributed by atoms with van der Waals surface area (Å²) >= 11 is 0. The van der Waals surface area contributed by atoms with Gasteiger partial charge in [0.25, 0.3) is 0 Å². The summed E-state index contributed by atoms with van der Waals surface area (Å²) in [5, 5.41) is 12.8. The second-order valence-electron chi connectivity index (χ2n) is 4.85. The number of hydrogen-bond donors (Lipinski definition) is 2. The molecule has 102 valence electrons. The highest BCUT2D eigenvalue weighted by Gasteiger charge is 2.15. The minimum absolute atomic E-state index is 0.0948. The molecule has 0 saturated carbocycles. The van der Waals surface area contributed by atoms with Crippen LogP contribution in [-0.2, 0) is 0 Å². The van der Waals surface area contributed by atoms with Crippen LogP contribution in [0.1, 0.15) is 19.8 Å². The van der Waals surface area contributed by atoms with Gasteiger partial charge in [0.1, 0.15) is 0 Å². The van der Waals surface area contributed by atoms with E-state index in [2.05, 4.69) is 34.5 Å². The average molecular weight is 258 g/mol. The molecule has 1 aromatic rings. The van der Waals surface area contributed by atoms with E-state index in [0.29, 0.717) is 0 Å². The quantitative estimate of drug-likeness (QED) is 0.852. The first-order chi connectivity index (χ1) is 9.31. The lowest BCUT2D eigenvalue weighted by atomic mass is 10.2. The number of aliphatic hydroxyl groups excluding tert-OH is 1. The number of rotatable bonds is 5. The lowest BCUT2D eigenvalue weighted by Crippen LogP contribution is -2.38. The van der Waals surface area contributed by atoms with Crippen molar-refractivity contribution in [2.45, 2.75) is 25.8 Å². The largest absolute Gasteiger partial charge is 0.394 e. The van der Waals surface area contributed by atoms with E-state index in [1.807, 2.05) is 31.3 Å². The van der Waals surface area contributed by atoms with Gasteiger partial charge in [0, 0.05) is 17.4 Å². The highest BCUT2D eigenvalue weighted by molar-refractivity contribution is 5.48. The van der Waals surface area contributed by atoms with Gasteiger partial charge in [0.15, 0.2) is 0 Å². The number of nitrogens with zero attached hydrogens (tertiary/aromatic N) is 1. The van der Waals surface area contributed by atoms with E-state index in [9.17, 15) is 5.11 Å². The molecule has 1 aromatic carbocycles. The maximum Gasteiger partial charge on any atom is 0.0632 e. The molecule has 0 fully saturated rings. The lowest BCUT2D eigenvalue weighted by Gasteiger charge is -2.31. The molecule has 3 heteroatoms. The Bertz CT molecular complexity index is 439. The molecular weight excluding hydrogens is 236 g/mol. The molecule has 0 saturated heterocycles. The van der Waals surface area contributed by atoms with Crippen LogP contribution in [0.15, 0.2) is 54.4 Å². The minimum atomic E-state index is 0.0948. The third-order valence-electron chi connectivity index (χ3n) is 3.34. The molecule has 0 bridgehead atoms. The Hall–Kier alpha value is -1.74. The SMILES string of the molecule is C[C@@H](CO)N(CC1=CCCC=CN1)c1ccccc1. The highest BCUT2D eigenvalue weighted by atomic mass is 16.3. The monoisotopic (exact) mass is 258 g/mol. The van der Waals surface area contributed by atoms with Crippen LogP contribution in [0.2, 0.25) is 0 Å². The van der Waals surface area contributed by atoms with Gasteiger partial charge in [0.2, 0.25) is 0 Å². The van der Waals surface area contributed by atoms with E-state index < -0.39 is 0 Å². The molecule has 2 rings (SSSR count). The molecule has 0 aliphatic carbocycles. The molecule has 0 unspecified atom stereocenters. The number of anilines is 1. The average Bonchev–Trinajstić information content (AvgIpc) is 2.73. The van der Waals surface area contributed by atoms with Crippen LogP contribution in [-0.4, -0.2) is 24.3 Å². The Kier molecular flexibility index (Phi) is 5.04. The second-order valence-corrected chi connectivity index (χ2v) is 4.85. The Labute approximate surface area is 115 Å². The molecule has 3 nitrogen and oxygen atoms in total. The van der Waals surface area contributed by atoms with Crippen LogP contribution < -0.4 is 10.2 Å². The molecule has 2 N–H and O–H groups in total. The van der Waals surface area contributed by atoms with Crippen LogP contribution in [0.3, 0.4) is 0 Å². The van der Waals surface area contributed by atoms with Crippen molar-refractivity contribution in [1.82, 2.24) is 5.32 Å². The second kappa shape index (κ2) is 7.00. The van der Waals surface area contributed by atoms with E-state index in [-0.39, 0.29) is 12.6 Å². The zero-order valence-electron chi connectivity index (χ0n) is 11.4. The number of aliphatic hydroxyl groups is 1. The van der Waals surface area contributed by atoms with Crippen molar-refractivity contribution < 1.29 is 5.11 Å². The predicted molar refractivity (Wildman–Crippen MR) is 79.9 cm³/mol. The highest BCUT2D eigenvalue weighted by Crippen LogP contribution is 2.18. The summed E-state index contributed by atoms with van der Waals surface area (Å²) in [7, 11) is 0. The van der Waals surface area contributed by atoms with E-state index in [1.54, 1.807) is 0 Å². The van der Waals surface area contributed by atoms with E-state index in [1.165, 1.54) is 5.70 Å². The third-order valence-corrected chi connectivity index (χ3v) is 3.34. The topological polar surface area (TPSA) is 35.5 Å². The molecule has 0 amide bonds. The summed E-state index contributed by atoms with van der Waals surface area (Å²) in [5.74, 6) is 0. The molecule has 19 heavy (non-hydrogen) atoms. The number of benzene rings is 1. The van der Waals surface area contributed by atoms with Crippen molar-refractivity contribution in [3.8, 4) is 0 Å². The standard InChI is InChI=1S/C16H22N2O/c1-14(13-19)18(16-9-5-2-6-10-16)12-15-8-4-3-7-11-17-15/h2,5-11,14,17,19H,3-4,12-13H2,1H3/t14-/m0/s1. The Morgan fingerprint density at radius 2 is 2.05 bits per heavy atom. The zero-order valence-corrected chi connectivity index (χ0v) is 11.4. The van der Waals surface area contributed by atoms with Gasteiger partial charge < -0.3 is 15.3 Å². The normalized spacial score (nSPS) is 16.2. The van der Waals surface area contributed by atoms with Gasteiger partial charge in [-0.05, 0) is 38.1 Å². The van der Waals surface area contributed by atoms with Crippen LogP contribution >= 0.6 is 0 Å². The van der Waals surface area contributed by atoms with Crippen molar-refractivity contribution >= 4 is 5.69 Å². The van der Waals surface area contributed by atoms with Crippen molar-refractivity contribution in [3.05, 3.63) is 54.4 Å². The number of allylic oxidation sites excluding steroid dienone is 2. The maximum absolute atomic E-state index is 9.46. The van der Waals surface area contributed by atoms with Crippen molar-refractivity contribution in [3.63, 3.8) is 0 Å². The molecule has 1 heterocycles. The van der Waals surface area contributed by atoms with Gasteiger partial charge in [-0.1, -0.05) is 30.4 Å². The minimum Gasteiger partial charge on any atom is -0.394 e. The van der Waals surface area contributed by atoms with E-state index in [4.69, 9.17) is 0 Å².